The van der Waals surface area contributed by atoms with E-state index in [-0.39, 0.29) is 0 Å². The Morgan fingerprint density at radius 1 is 1.39 bits per heavy atom. The standard InChI is InChI=1S/C18H27N3O2/c1-11(2)17-15(18(22-5)21(4)20-17)10-19-9-13-6-7-16(23-13)14-8-12(14)3/h6-7,11-12,14,19H,8-10H2,1-5H3/t12-,14-/m1/s1. The molecule has 0 unspecified atom stereocenters. The van der Waals surface area contributed by atoms with Crippen LogP contribution in [-0.4, -0.2) is 16.9 Å². The maximum atomic E-state index is 5.94. The van der Waals surface area contributed by atoms with Gasteiger partial charge in [-0.05, 0) is 30.4 Å². The molecule has 0 saturated heterocycles. The lowest BCUT2D eigenvalue weighted by molar-refractivity contribution is 0.367. The molecule has 5 nitrogen and oxygen atoms in total. The first-order valence-corrected chi connectivity index (χ1v) is 8.40. The summed E-state index contributed by atoms with van der Waals surface area (Å²) < 4.78 is 13.3. The monoisotopic (exact) mass is 317 g/mol. The van der Waals surface area contributed by atoms with Crippen LogP contribution >= 0.6 is 0 Å². The van der Waals surface area contributed by atoms with Crippen molar-refractivity contribution < 1.29 is 9.15 Å². The van der Waals surface area contributed by atoms with Crippen LogP contribution in [0.15, 0.2) is 16.5 Å². The number of methoxy groups -OCH3 is 1. The van der Waals surface area contributed by atoms with Crippen molar-refractivity contribution in [3.63, 3.8) is 0 Å². The highest BCUT2D eigenvalue weighted by Crippen LogP contribution is 2.47. The fraction of sp³-hybridized carbons (Fsp3) is 0.611. The molecule has 23 heavy (non-hydrogen) atoms. The molecule has 0 spiro atoms. The molecule has 0 aromatic carbocycles. The zero-order valence-corrected chi connectivity index (χ0v) is 14.7. The molecular formula is C18H27N3O2. The number of hydrogen-bond acceptors (Lipinski definition) is 4. The first kappa shape index (κ1) is 16.1. The van der Waals surface area contributed by atoms with Crippen LogP contribution in [0.25, 0.3) is 0 Å². The molecule has 0 amide bonds. The van der Waals surface area contributed by atoms with Crippen LogP contribution < -0.4 is 10.1 Å². The highest BCUT2D eigenvalue weighted by atomic mass is 16.5. The van der Waals surface area contributed by atoms with Crippen molar-refractivity contribution in [3.8, 4) is 5.88 Å². The van der Waals surface area contributed by atoms with Gasteiger partial charge in [-0.1, -0.05) is 20.8 Å². The van der Waals surface area contributed by atoms with Crippen LogP contribution in [0.1, 0.15) is 61.8 Å². The minimum Gasteiger partial charge on any atom is -0.481 e. The SMILES string of the molecule is COc1c(CNCc2ccc([C@@H]3C[C@H]3C)o2)c(C(C)C)nn1C. The minimum absolute atomic E-state index is 0.369. The maximum Gasteiger partial charge on any atom is 0.216 e. The van der Waals surface area contributed by atoms with E-state index < -0.39 is 0 Å². The molecule has 1 N–H and O–H groups in total. The summed E-state index contributed by atoms with van der Waals surface area (Å²) in [5.74, 6) is 4.73. The van der Waals surface area contributed by atoms with Gasteiger partial charge >= 0.3 is 0 Å². The Labute approximate surface area is 138 Å². The third kappa shape index (κ3) is 3.29. The molecule has 2 atom stereocenters. The molecule has 1 aliphatic rings. The summed E-state index contributed by atoms with van der Waals surface area (Å²) in [6.45, 7) is 8.02. The summed E-state index contributed by atoms with van der Waals surface area (Å²) in [5, 5.41) is 8.04. The van der Waals surface area contributed by atoms with Crippen LogP contribution in [-0.2, 0) is 20.1 Å². The number of furan rings is 1. The summed E-state index contributed by atoms with van der Waals surface area (Å²) in [4.78, 5) is 0. The Morgan fingerprint density at radius 2 is 2.13 bits per heavy atom. The van der Waals surface area contributed by atoms with Gasteiger partial charge in [0.05, 0.1) is 24.9 Å². The van der Waals surface area contributed by atoms with Crippen molar-refractivity contribution in [2.24, 2.45) is 13.0 Å². The quantitative estimate of drug-likeness (QED) is 0.848. The van der Waals surface area contributed by atoms with Crippen molar-refractivity contribution in [1.29, 1.82) is 0 Å². The van der Waals surface area contributed by atoms with Gasteiger partial charge in [0.25, 0.3) is 0 Å². The number of nitrogens with zero attached hydrogens (tertiary/aromatic N) is 2. The molecule has 1 aliphatic carbocycles. The molecule has 1 fully saturated rings. The van der Waals surface area contributed by atoms with Gasteiger partial charge in [0.1, 0.15) is 11.5 Å². The van der Waals surface area contributed by atoms with Gasteiger partial charge < -0.3 is 14.5 Å². The maximum absolute atomic E-state index is 5.94. The van der Waals surface area contributed by atoms with E-state index in [1.165, 1.54) is 6.42 Å². The first-order valence-electron chi connectivity index (χ1n) is 8.40. The number of aromatic nitrogens is 2. The Bertz CT molecular complexity index is 672. The number of nitrogens with one attached hydrogen (secondary N) is 1. The molecule has 126 valence electrons. The largest absolute Gasteiger partial charge is 0.481 e. The van der Waals surface area contributed by atoms with E-state index in [0.29, 0.717) is 11.8 Å². The van der Waals surface area contributed by atoms with E-state index in [9.17, 15) is 0 Å². The smallest absolute Gasteiger partial charge is 0.216 e. The van der Waals surface area contributed by atoms with Crippen molar-refractivity contribution in [1.82, 2.24) is 15.1 Å². The Morgan fingerprint density at radius 3 is 2.74 bits per heavy atom. The lowest BCUT2D eigenvalue weighted by atomic mass is 10.1. The number of ether oxygens (including phenoxy) is 1. The van der Waals surface area contributed by atoms with E-state index in [0.717, 1.165) is 47.7 Å². The average Bonchev–Trinajstić information content (AvgIpc) is 2.94. The summed E-state index contributed by atoms with van der Waals surface area (Å²) in [7, 11) is 3.62. The van der Waals surface area contributed by atoms with Gasteiger partial charge in [-0.2, -0.15) is 5.10 Å². The van der Waals surface area contributed by atoms with Crippen LogP contribution in [0.2, 0.25) is 0 Å². The molecule has 0 radical (unpaired) electrons. The fourth-order valence-electron chi connectivity index (χ4n) is 3.18. The van der Waals surface area contributed by atoms with Crippen LogP contribution in [0.4, 0.5) is 0 Å². The summed E-state index contributed by atoms with van der Waals surface area (Å²) in [6.07, 6.45) is 1.25. The summed E-state index contributed by atoms with van der Waals surface area (Å²) in [5.41, 5.74) is 2.22. The molecular weight excluding hydrogens is 290 g/mol. The molecule has 0 aliphatic heterocycles. The lowest BCUT2D eigenvalue weighted by Crippen LogP contribution is -2.14. The van der Waals surface area contributed by atoms with E-state index in [2.05, 4.69) is 43.3 Å². The number of hydrogen-bond donors (Lipinski definition) is 1. The van der Waals surface area contributed by atoms with Gasteiger partial charge in [-0.15, -0.1) is 0 Å². The minimum atomic E-state index is 0.369. The molecule has 2 heterocycles. The van der Waals surface area contributed by atoms with E-state index >= 15 is 0 Å². The zero-order valence-electron chi connectivity index (χ0n) is 14.7. The Kier molecular flexibility index (Phi) is 4.48. The van der Waals surface area contributed by atoms with Gasteiger partial charge in [-0.3, -0.25) is 0 Å². The predicted molar refractivity (Wildman–Crippen MR) is 89.6 cm³/mol. The summed E-state index contributed by atoms with van der Waals surface area (Å²) in [6, 6.07) is 4.20. The number of aryl methyl sites for hydroxylation is 1. The highest BCUT2D eigenvalue weighted by molar-refractivity contribution is 5.33. The van der Waals surface area contributed by atoms with Crippen molar-refractivity contribution in [2.45, 2.75) is 52.1 Å². The second kappa shape index (κ2) is 6.40. The second-order valence-corrected chi connectivity index (χ2v) is 6.88. The molecule has 0 bridgehead atoms. The molecule has 1 saturated carbocycles. The second-order valence-electron chi connectivity index (χ2n) is 6.88. The normalized spacial score (nSPS) is 20.3. The van der Waals surface area contributed by atoms with E-state index in [4.69, 9.17) is 9.15 Å². The van der Waals surface area contributed by atoms with Gasteiger partial charge in [0.2, 0.25) is 5.88 Å². The van der Waals surface area contributed by atoms with Crippen LogP contribution in [0, 0.1) is 5.92 Å². The Balaban J connectivity index is 1.63. The first-order chi connectivity index (χ1) is 11.0. The topological polar surface area (TPSA) is 52.2 Å². The highest BCUT2D eigenvalue weighted by Gasteiger charge is 2.36. The third-order valence-corrected chi connectivity index (χ3v) is 4.62. The van der Waals surface area contributed by atoms with Crippen molar-refractivity contribution >= 4 is 0 Å². The summed E-state index contributed by atoms with van der Waals surface area (Å²) >= 11 is 0. The molecule has 5 heteroatoms. The third-order valence-electron chi connectivity index (χ3n) is 4.62. The fourth-order valence-corrected chi connectivity index (χ4v) is 3.18. The van der Waals surface area contributed by atoms with Crippen molar-refractivity contribution in [2.75, 3.05) is 7.11 Å². The van der Waals surface area contributed by atoms with Crippen LogP contribution in [0.5, 0.6) is 5.88 Å². The molecule has 2 aromatic rings. The zero-order chi connectivity index (χ0) is 16.6. The van der Waals surface area contributed by atoms with Crippen LogP contribution in [0.3, 0.4) is 0 Å². The number of rotatable bonds is 7. The average molecular weight is 317 g/mol. The predicted octanol–water partition coefficient (Wildman–Crippen LogP) is 3.56. The van der Waals surface area contributed by atoms with Crippen molar-refractivity contribution in [3.05, 3.63) is 34.9 Å². The van der Waals surface area contributed by atoms with E-state index in [1.54, 1.807) is 7.11 Å². The molecule has 2 aromatic heterocycles. The van der Waals surface area contributed by atoms with Gasteiger partial charge in [-0.25, -0.2) is 4.68 Å². The Hall–Kier alpha value is -1.75. The van der Waals surface area contributed by atoms with E-state index in [1.807, 2.05) is 11.7 Å². The van der Waals surface area contributed by atoms with Gasteiger partial charge in [0.15, 0.2) is 0 Å². The molecule has 3 rings (SSSR count). The lowest BCUT2D eigenvalue weighted by Gasteiger charge is -2.08. The van der Waals surface area contributed by atoms with Gasteiger partial charge in [0, 0.05) is 19.5 Å².